The predicted molar refractivity (Wildman–Crippen MR) is 102 cm³/mol. The molecule has 140 valence electrons. The number of thiophene rings is 1. The van der Waals surface area contributed by atoms with Crippen molar-refractivity contribution in [2.75, 3.05) is 19.4 Å². The van der Waals surface area contributed by atoms with Gasteiger partial charge in [-0.15, -0.1) is 11.3 Å². The zero-order valence-corrected chi connectivity index (χ0v) is 16.8. The van der Waals surface area contributed by atoms with Crippen molar-refractivity contribution in [3.05, 3.63) is 55.7 Å². The zero-order chi connectivity index (χ0) is 19.3. The van der Waals surface area contributed by atoms with Crippen molar-refractivity contribution in [3.8, 4) is 0 Å². The van der Waals surface area contributed by atoms with Crippen LogP contribution in [0.4, 0.5) is 0 Å². The molecule has 0 radical (unpaired) electrons. The van der Waals surface area contributed by atoms with Gasteiger partial charge >= 0.3 is 5.97 Å². The van der Waals surface area contributed by atoms with E-state index in [2.05, 4.69) is 4.72 Å². The minimum Gasteiger partial charge on any atom is -0.454 e. The Bertz CT molecular complexity index is 907. The van der Waals surface area contributed by atoms with Crippen LogP contribution in [-0.2, 0) is 21.2 Å². The van der Waals surface area contributed by atoms with Gasteiger partial charge in [0.15, 0.2) is 12.4 Å². The number of ketones is 1. The molecule has 26 heavy (non-hydrogen) atoms. The first-order valence-electron chi connectivity index (χ1n) is 7.34. The maximum Gasteiger partial charge on any atom is 0.341 e. The highest BCUT2D eigenvalue weighted by Crippen LogP contribution is 2.31. The number of Topliss-reactive ketones (excluding diaryl/α,β-unsaturated/α-hetero) is 1. The second-order valence-corrected chi connectivity index (χ2v) is 9.47. The van der Waals surface area contributed by atoms with Crippen LogP contribution in [0.3, 0.4) is 0 Å². The van der Waals surface area contributed by atoms with Gasteiger partial charge in [-0.3, -0.25) is 4.79 Å². The third-order valence-corrected chi connectivity index (χ3v) is 5.48. The number of carbonyl (C=O) groups is 2. The SMILES string of the molecule is CS(=O)(=O)NCCc1ccc(C(=O)COC(=O)c2cc(Cl)sc2Cl)cc1. The predicted octanol–water partition coefficient (Wildman–Crippen LogP) is 3.19. The normalized spacial score (nSPS) is 11.3. The molecule has 0 saturated carbocycles. The van der Waals surface area contributed by atoms with Crippen LogP contribution in [0.5, 0.6) is 0 Å². The first kappa shape index (κ1) is 20.9. The lowest BCUT2D eigenvalue weighted by atomic mass is 10.1. The Kier molecular flexibility index (Phi) is 7.19. The highest BCUT2D eigenvalue weighted by molar-refractivity contribution is 7.88. The van der Waals surface area contributed by atoms with E-state index in [0.29, 0.717) is 16.3 Å². The number of rotatable bonds is 8. The quantitative estimate of drug-likeness (QED) is 0.507. The van der Waals surface area contributed by atoms with E-state index in [4.69, 9.17) is 27.9 Å². The molecule has 0 aliphatic rings. The Balaban J connectivity index is 1.87. The molecule has 0 atom stereocenters. The molecule has 2 rings (SSSR count). The number of ether oxygens (including phenoxy) is 1. The molecule has 0 unspecified atom stereocenters. The number of hydrogen-bond donors (Lipinski definition) is 1. The van der Waals surface area contributed by atoms with Gasteiger partial charge in [0, 0.05) is 12.1 Å². The fourth-order valence-electron chi connectivity index (χ4n) is 2.01. The Hall–Kier alpha value is -1.45. The van der Waals surface area contributed by atoms with E-state index in [9.17, 15) is 18.0 Å². The van der Waals surface area contributed by atoms with Crippen LogP contribution in [0.2, 0.25) is 8.67 Å². The maximum atomic E-state index is 12.1. The van der Waals surface area contributed by atoms with Crippen molar-refractivity contribution in [2.24, 2.45) is 0 Å². The third kappa shape index (κ3) is 6.37. The molecular weight excluding hydrogens is 421 g/mol. The Morgan fingerprint density at radius 2 is 1.85 bits per heavy atom. The molecular formula is C16H15Cl2NO5S2. The van der Waals surface area contributed by atoms with Gasteiger partial charge < -0.3 is 4.74 Å². The number of hydrogen-bond acceptors (Lipinski definition) is 6. The number of esters is 1. The average Bonchev–Trinajstić information content (AvgIpc) is 2.90. The minimum absolute atomic E-state index is 0.128. The summed E-state index contributed by atoms with van der Waals surface area (Å²) < 4.78 is 29.9. The largest absolute Gasteiger partial charge is 0.454 e. The monoisotopic (exact) mass is 435 g/mol. The molecule has 1 N–H and O–H groups in total. The number of carbonyl (C=O) groups excluding carboxylic acids is 2. The van der Waals surface area contributed by atoms with Gasteiger partial charge in [-0.1, -0.05) is 47.5 Å². The molecule has 1 heterocycles. The van der Waals surface area contributed by atoms with E-state index in [1.54, 1.807) is 24.3 Å². The molecule has 1 aromatic carbocycles. The smallest absolute Gasteiger partial charge is 0.341 e. The van der Waals surface area contributed by atoms with Gasteiger partial charge in [-0.25, -0.2) is 17.9 Å². The van der Waals surface area contributed by atoms with Crippen molar-refractivity contribution < 1.29 is 22.7 Å². The van der Waals surface area contributed by atoms with Crippen LogP contribution in [0.25, 0.3) is 0 Å². The number of sulfonamides is 1. The van der Waals surface area contributed by atoms with Crippen molar-refractivity contribution >= 4 is 56.3 Å². The molecule has 0 amide bonds. The van der Waals surface area contributed by atoms with Crippen molar-refractivity contribution in [1.82, 2.24) is 4.72 Å². The lowest BCUT2D eigenvalue weighted by molar-refractivity contribution is 0.0475. The van der Waals surface area contributed by atoms with E-state index in [-0.39, 0.29) is 22.2 Å². The lowest BCUT2D eigenvalue weighted by Crippen LogP contribution is -2.24. The summed E-state index contributed by atoms with van der Waals surface area (Å²) in [7, 11) is -3.23. The fourth-order valence-corrected chi connectivity index (χ4v) is 3.92. The fraction of sp³-hybridized carbons (Fsp3) is 0.250. The van der Waals surface area contributed by atoms with Crippen LogP contribution in [0, 0.1) is 0 Å². The first-order valence-corrected chi connectivity index (χ1v) is 10.8. The highest BCUT2D eigenvalue weighted by Gasteiger charge is 2.17. The van der Waals surface area contributed by atoms with E-state index in [1.165, 1.54) is 6.07 Å². The summed E-state index contributed by atoms with van der Waals surface area (Å²) in [4.78, 5) is 24.0. The summed E-state index contributed by atoms with van der Waals surface area (Å²) in [5.74, 6) is -1.08. The van der Waals surface area contributed by atoms with Crippen LogP contribution in [0.1, 0.15) is 26.3 Å². The third-order valence-electron chi connectivity index (χ3n) is 3.26. The summed E-state index contributed by atoms with van der Waals surface area (Å²) in [6, 6.07) is 8.02. The van der Waals surface area contributed by atoms with E-state index < -0.39 is 22.6 Å². The molecule has 0 aliphatic heterocycles. The summed E-state index contributed by atoms with van der Waals surface area (Å²) in [5.41, 5.74) is 1.38. The summed E-state index contributed by atoms with van der Waals surface area (Å²) >= 11 is 12.7. The maximum absolute atomic E-state index is 12.1. The van der Waals surface area contributed by atoms with Crippen molar-refractivity contribution in [2.45, 2.75) is 6.42 Å². The number of halogens is 2. The second-order valence-electron chi connectivity index (χ2n) is 5.35. The van der Waals surface area contributed by atoms with E-state index >= 15 is 0 Å². The van der Waals surface area contributed by atoms with Crippen LogP contribution in [-0.4, -0.2) is 39.6 Å². The molecule has 0 aliphatic carbocycles. The lowest BCUT2D eigenvalue weighted by Gasteiger charge is -2.06. The first-order chi connectivity index (χ1) is 12.2. The second kappa shape index (κ2) is 8.96. The summed E-state index contributed by atoms with van der Waals surface area (Å²) in [5, 5.41) is 0. The van der Waals surface area contributed by atoms with E-state index in [0.717, 1.165) is 23.2 Å². The van der Waals surface area contributed by atoms with Crippen molar-refractivity contribution in [3.63, 3.8) is 0 Å². The molecule has 10 heteroatoms. The molecule has 2 aromatic rings. The van der Waals surface area contributed by atoms with Gasteiger partial charge in [-0.2, -0.15) is 0 Å². The molecule has 0 fully saturated rings. The molecule has 0 bridgehead atoms. The summed E-state index contributed by atoms with van der Waals surface area (Å²) in [6.45, 7) is -0.148. The molecule has 1 aromatic heterocycles. The Morgan fingerprint density at radius 3 is 2.38 bits per heavy atom. The Morgan fingerprint density at radius 1 is 1.19 bits per heavy atom. The molecule has 0 spiro atoms. The van der Waals surface area contributed by atoms with Gasteiger partial charge in [-0.05, 0) is 18.1 Å². The number of nitrogens with one attached hydrogen (secondary N) is 1. The molecule has 6 nitrogen and oxygen atoms in total. The standard InChI is InChI=1S/C16H15Cl2NO5S2/c1-26(22,23)19-7-6-10-2-4-11(5-3-10)13(20)9-24-16(21)12-8-14(17)25-15(12)18/h2-5,8,19H,6-7,9H2,1H3. The average molecular weight is 436 g/mol. The van der Waals surface area contributed by atoms with Gasteiger partial charge in [0.05, 0.1) is 16.2 Å². The Labute approximate surface area is 165 Å². The van der Waals surface area contributed by atoms with E-state index in [1.807, 2.05) is 0 Å². The van der Waals surface area contributed by atoms with Crippen LogP contribution in [0.15, 0.2) is 30.3 Å². The zero-order valence-electron chi connectivity index (χ0n) is 13.6. The van der Waals surface area contributed by atoms with Gasteiger partial charge in [0.2, 0.25) is 10.0 Å². The van der Waals surface area contributed by atoms with Crippen LogP contribution >= 0.6 is 34.5 Å². The van der Waals surface area contributed by atoms with Crippen molar-refractivity contribution in [1.29, 1.82) is 0 Å². The van der Waals surface area contributed by atoms with Gasteiger partial charge in [0.1, 0.15) is 4.34 Å². The minimum atomic E-state index is -3.23. The number of benzene rings is 1. The summed E-state index contributed by atoms with van der Waals surface area (Å²) in [6.07, 6.45) is 1.58. The van der Waals surface area contributed by atoms with Crippen LogP contribution < -0.4 is 4.72 Å². The van der Waals surface area contributed by atoms with Gasteiger partial charge in [0.25, 0.3) is 0 Å². The highest BCUT2D eigenvalue weighted by atomic mass is 35.5. The topological polar surface area (TPSA) is 89.5 Å². The molecule has 0 saturated heterocycles.